The molecular weight excluding hydrogens is 303 g/mol. The van der Waals surface area contributed by atoms with E-state index < -0.39 is 17.3 Å². The SMILES string of the molecule is [CH3][Pt]([CH3])[CH2]c1ccccc1. The van der Waals surface area contributed by atoms with E-state index >= 15 is 0 Å². The first-order valence-corrected chi connectivity index (χ1v) is 9.27. The fraction of sp³-hybridized carbons (Fsp3) is 0.333. The van der Waals surface area contributed by atoms with Crippen LogP contribution in [0.15, 0.2) is 30.3 Å². The van der Waals surface area contributed by atoms with Crippen molar-refractivity contribution in [3.05, 3.63) is 35.9 Å². The maximum absolute atomic E-state index is 2.40. The zero-order chi connectivity index (χ0) is 7.40. The number of benzene rings is 1. The van der Waals surface area contributed by atoms with Crippen molar-refractivity contribution in [1.82, 2.24) is 0 Å². The van der Waals surface area contributed by atoms with E-state index in [9.17, 15) is 0 Å². The molecule has 1 aromatic carbocycles. The Balaban J connectivity index is 2.59. The fourth-order valence-corrected chi connectivity index (χ4v) is 3.20. The molecule has 0 radical (unpaired) electrons. The molecule has 0 aliphatic rings. The molecule has 59 valence electrons. The van der Waals surface area contributed by atoms with Crippen molar-refractivity contribution in [2.45, 2.75) is 15.4 Å². The van der Waals surface area contributed by atoms with Gasteiger partial charge in [-0.05, 0) is 0 Å². The number of hydrogen-bond donors (Lipinski definition) is 0. The van der Waals surface area contributed by atoms with E-state index in [-0.39, 0.29) is 0 Å². The second-order valence-electron chi connectivity index (χ2n) is 2.36. The van der Waals surface area contributed by atoms with Crippen LogP contribution in [-0.2, 0) is 22.1 Å². The molecule has 0 aromatic heterocycles. The van der Waals surface area contributed by atoms with Crippen LogP contribution < -0.4 is 0 Å². The second kappa shape index (κ2) is 3.93. The molecule has 1 rings (SSSR count). The molecule has 0 atom stereocenters. The molecule has 0 fully saturated rings. The van der Waals surface area contributed by atoms with E-state index in [0.717, 1.165) is 0 Å². The van der Waals surface area contributed by atoms with Crippen molar-refractivity contribution in [2.24, 2.45) is 0 Å². The third-order valence-electron chi connectivity index (χ3n) is 1.20. The summed E-state index contributed by atoms with van der Waals surface area (Å²) in [6.07, 6.45) is 0. The quantitative estimate of drug-likeness (QED) is 0.787. The van der Waals surface area contributed by atoms with Crippen molar-refractivity contribution in [3.63, 3.8) is 0 Å². The molecule has 10 heavy (non-hydrogen) atoms. The van der Waals surface area contributed by atoms with E-state index in [0.29, 0.717) is 0 Å². The van der Waals surface area contributed by atoms with Crippen LogP contribution in [0.5, 0.6) is 0 Å². The molecule has 0 bridgehead atoms. The summed E-state index contributed by atoms with van der Waals surface area (Å²) in [6.45, 7) is 0. The predicted octanol–water partition coefficient (Wildman–Crippen LogP) is 2.90. The van der Waals surface area contributed by atoms with Crippen molar-refractivity contribution in [2.75, 3.05) is 0 Å². The van der Waals surface area contributed by atoms with Crippen LogP contribution in [-0.4, -0.2) is 0 Å². The molecule has 0 unspecified atom stereocenters. The van der Waals surface area contributed by atoms with Crippen LogP contribution in [0.2, 0.25) is 10.6 Å². The summed E-state index contributed by atoms with van der Waals surface area (Å²) in [5.74, 6) is 0. The average Bonchev–Trinajstić information content (AvgIpc) is 1.88. The van der Waals surface area contributed by atoms with Crippen LogP contribution in [0.3, 0.4) is 0 Å². The van der Waals surface area contributed by atoms with Gasteiger partial charge in [0.25, 0.3) is 0 Å². The van der Waals surface area contributed by atoms with Crippen LogP contribution >= 0.6 is 0 Å². The van der Waals surface area contributed by atoms with Gasteiger partial charge >= 0.3 is 68.6 Å². The second-order valence-corrected chi connectivity index (χ2v) is 8.65. The standard InChI is InChI=1S/C7H7.2CH3.Pt/c1-7-5-3-2-4-6-7;;;/h2-6H,1H2;2*1H3;. The fourth-order valence-electron chi connectivity index (χ4n) is 0.811. The number of hydrogen-bond acceptors (Lipinski definition) is 0. The minimum absolute atomic E-state index is 0.552. The van der Waals surface area contributed by atoms with Crippen LogP contribution in [0.1, 0.15) is 5.56 Å². The Morgan fingerprint density at radius 3 is 2.20 bits per heavy atom. The van der Waals surface area contributed by atoms with Gasteiger partial charge in [-0.15, -0.1) is 0 Å². The molecule has 0 N–H and O–H groups in total. The van der Waals surface area contributed by atoms with Crippen molar-refractivity contribution in [1.29, 1.82) is 0 Å². The Bertz CT molecular complexity index is 179. The topological polar surface area (TPSA) is 0 Å². The zero-order valence-electron chi connectivity index (χ0n) is 6.41. The minimum atomic E-state index is -0.552. The Labute approximate surface area is 68.8 Å². The van der Waals surface area contributed by atoms with Crippen molar-refractivity contribution >= 4 is 0 Å². The van der Waals surface area contributed by atoms with Gasteiger partial charge in [0, 0.05) is 0 Å². The monoisotopic (exact) mass is 316 g/mol. The molecular formula is C9H13Pt. The van der Waals surface area contributed by atoms with Crippen LogP contribution in [0, 0.1) is 0 Å². The van der Waals surface area contributed by atoms with Crippen molar-refractivity contribution < 1.29 is 17.3 Å². The van der Waals surface area contributed by atoms with Gasteiger partial charge in [0.15, 0.2) is 0 Å². The van der Waals surface area contributed by atoms with Gasteiger partial charge < -0.3 is 0 Å². The van der Waals surface area contributed by atoms with Gasteiger partial charge in [-0.25, -0.2) is 0 Å². The van der Waals surface area contributed by atoms with Gasteiger partial charge in [0.2, 0.25) is 0 Å². The molecule has 0 saturated carbocycles. The summed E-state index contributed by atoms with van der Waals surface area (Å²) in [5.41, 5.74) is 1.51. The van der Waals surface area contributed by atoms with Gasteiger partial charge in [-0.2, -0.15) is 0 Å². The summed E-state index contributed by atoms with van der Waals surface area (Å²) in [4.78, 5) is 1.35. The molecule has 0 nitrogen and oxygen atoms in total. The van der Waals surface area contributed by atoms with Gasteiger partial charge in [0.1, 0.15) is 0 Å². The maximum atomic E-state index is 2.40. The van der Waals surface area contributed by atoms with Gasteiger partial charge in [0.05, 0.1) is 0 Å². The van der Waals surface area contributed by atoms with E-state index in [1.54, 1.807) is 0 Å². The zero-order valence-corrected chi connectivity index (χ0v) is 8.68. The average molecular weight is 316 g/mol. The van der Waals surface area contributed by atoms with Gasteiger partial charge in [-0.3, -0.25) is 0 Å². The van der Waals surface area contributed by atoms with E-state index in [1.807, 2.05) is 0 Å². The first kappa shape index (κ1) is 8.01. The summed E-state index contributed by atoms with van der Waals surface area (Å²) in [7, 11) is 0. The Kier molecular flexibility index (Phi) is 3.15. The van der Waals surface area contributed by atoms with E-state index in [1.165, 1.54) is 10.4 Å². The van der Waals surface area contributed by atoms with E-state index in [2.05, 4.69) is 41.0 Å². The first-order chi connectivity index (χ1) is 4.79. The molecule has 0 spiro atoms. The third kappa shape index (κ3) is 2.66. The van der Waals surface area contributed by atoms with Crippen LogP contribution in [0.25, 0.3) is 0 Å². The Morgan fingerprint density at radius 2 is 1.70 bits per heavy atom. The predicted molar refractivity (Wildman–Crippen MR) is 41.9 cm³/mol. The Morgan fingerprint density at radius 1 is 1.10 bits per heavy atom. The normalized spacial score (nSPS) is 11.2. The first-order valence-electron chi connectivity index (χ1n) is 3.12. The number of rotatable bonds is 2. The van der Waals surface area contributed by atoms with Gasteiger partial charge in [-0.1, -0.05) is 0 Å². The summed E-state index contributed by atoms with van der Waals surface area (Å²) in [5, 5.41) is 4.80. The molecule has 0 heterocycles. The third-order valence-corrected chi connectivity index (χ3v) is 3.73. The summed E-state index contributed by atoms with van der Waals surface area (Å²) < 4.78 is 0. The van der Waals surface area contributed by atoms with Crippen molar-refractivity contribution in [3.8, 4) is 0 Å². The Hall–Kier alpha value is -0.0917. The molecule has 1 aromatic rings. The molecule has 0 aliphatic carbocycles. The summed E-state index contributed by atoms with van der Waals surface area (Å²) >= 11 is -0.552. The molecule has 0 saturated heterocycles. The van der Waals surface area contributed by atoms with E-state index in [4.69, 9.17) is 0 Å². The molecule has 0 aliphatic heterocycles. The molecule has 0 amide bonds. The van der Waals surface area contributed by atoms with Crippen LogP contribution in [0.4, 0.5) is 0 Å². The molecule has 1 heteroatoms. The summed E-state index contributed by atoms with van der Waals surface area (Å²) in [6, 6.07) is 10.8.